The molecule has 2 heterocycles. The molecule has 0 amide bonds. The van der Waals surface area contributed by atoms with Crippen LogP contribution in [0, 0.1) is 0 Å². The van der Waals surface area contributed by atoms with Crippen LogP contribution in [0.2, 0.25) is 0 Å². The smallest absolute Gasteiger partial charge is 0.431 e. The molecule has 1 atom stereocenters. The minimum Gasteiger partial charge on any atom is -0.497 e. The molecule has 0 aliphatic carbocycles. The number of anilines is 1. The van der Waals surface area contributed by atoms with E-state index in [1.54, 1.807) is 12.1 Å². The van der Waals surface area contributed by atoms with Gasteiger partial charge < -0.3 is 14.8 Å². The maximum absolute atomic E-state index is 13.6. The molecule has 1 aromatic heterocycles. The Balaban J connectivity index is 2.21. The minimum absolute atomic E-state index is 0.0781. The molecule has 1 aliphatic heterocycles. The van der Waals surface area contributed by atoms with Crippen molar-refractivity contribution in [2.45, 2.75) is 19.1 Å². The number of rotatable bonds is 4. The van der Waals surface area contributed by atoms with Crippen LogP contribution >= 0.6 is 0 Å². The summed E-state index contributed by atoms with van der Waals surface area (Å²) in [6, 6.07) is 5.00. The Morgan fingerprint density at radius 3 is 2.58 bits per heavy atom. The standard InChI is InChI=1S/C15H14F3N5O3/c1-3-26-13(24)10-11(8-4-6-9(25-2)7-5-8)23-14(20-21-22-23)19-12(10)15(16,17)18/h4-7,11H,3H2,1-2H3,(H,19,20,22). The number of methoxy groups -OCH3 is 1. The third kappa shape index (κ3) is 3.07. The van der Waals surface area contributed by atoms with Gasteiger partial charge in [0.2, 0.25) is 5.95 Å². The normalized spacial score (nSPS) is 16.7. The van der Waals surface area contributed by atoms with Gasteiger partial charge in [0.1, 0.15) is 17.5 Å². The van der Waals surface area contributed by atoms with Gasteiger partial charge in [-0.15, -0.1) is 0 Å². The van der Waals surface area contributed by atoms with Crippen LogP contribution in [0.3, 0.4) is 0 Å². The van der Waals surface area contributed by atoms with E-state index < -0.39 is 29.5 Å². The van der Waals surface area contributed by atoms with Crippen molar-refractivity contribution < 1.29 is 27.4 Å². The highest BCUT2D eigenvalue weighted by Gasteiger charge is 2.46. The van der Waals surface area contributed by atoms with E-state index in [0.717, 1.165) is 4.68 Å². The van der Waals surface area contributed by atoms with E-state index in [1.807, 2.05) is 0 Å². The molecular weight excluding hydrogens is 355 g/mol. The van der Waals surface area contributed by atoms with Gasteiger partial charge in [0.25, 0.3) is 0 Å². The summed E-state index contributed by atoms with van der Waals surface area (Å²) < 4.78 is 51.7. The second-order valence-corrected chi connectivity index (χ2v) is 5.25. The lowest BCUT2D eigenvalue weighted by atomic mass is 9.95. The Bertz CT molecular complexity index is 845. The van der Waals surface area contributed by atoms with Gasteiger partial charge >= 0.3 is 12.1 Å². The van der Waals surface area contributed by atoms with Gasteiger partial charge in [0, 0.05) is 0 Å². The number of halogens is 3. The summed E-state index contributed by atoms with van der Waals surface area (Å²) in [5, 5.41) is 12.8. The molecule has 3 rings (SSSR count). The molecule has 0 saturated carbocycles. The summed E-state index contributed by atoms with van der Waals surface area (Å²) >= 11 is 0. The van der Waals surface area contributed by atoms with E-state index in [9.17, 15) is 18.0 Å². The molecule has 1 aromatic carbocycles. The van der Waals surface area contributed by atoms with Crippen LogP contribution in [0.4, 0.5) is 19.1 Å². The summed E-state index contributed by atoms with van der Waals surface area (Å²) in [5.74, 6) is -0.821. The van der Waals surface area contributed by atoms with E-state index >= 15 is 0 Å². The van der Waals surface area contributed by atoms with Gasteiger partial charge in [-0.2, -0.15) is 17.9 Å². The molecule has 0 fully saturated rings. The summed E-state index contributed by atoms with van der Waals surface area (Å²) in [7, 11) is 1.46. The fourth-order valence-electron chi connectivity index (χ4n) is 2.63. The maximum atomic E-state index is 13.6. The number of allylic oxidation sites excluding steroid dienone is 1. The molecule has 1 unspecified atom stereocenters. The Kier molecular flexibility index (Phi) is 4.53. The minimum atomic E-state index is -4.83. The van der Waals surface area contributed by atoms with E-state index in [1.165, 1.54) is 26.2 Å². The van der Waals surface area contributed by atoms with Crippen molar-refractivity contribution in [1.82, 2.24) is 20.2 Å². The lowest BCUT2D eigenvalue weighted by Gasteiger charge is -2.29. The van der Waals surface area contributed by atoms with Crippen LogP contribution in [0.5, 0.6) is 5.75 Å². The first kappa shape index (κ1) is 17.7. The molecule has 0 saturated heterocycles. The third-order valence-electron chi connectivity index (χ3n) is 3.73. The molecule has 0 radical (unpaired) electrons. The number of nitrogens with zero attached hydrogens (tertiary/aromatic N) is 4. The van der Waals surface area contributed by atoms with Gasteiger partial charge in [-0.1, -0.05) is 17.2 Å². The first-order chi connectivity index (χ1) is 12.4. The summed E-state index contributed by atoms with van der Waals surface area (Å²) in [6.07, 6.45) is -4.83. The van der Waals surface area contributed by atoms with Crippen molar-refractivity contribution in [1.29, 1.82) is 0 Å². The van der Waals surface area contributed by atoms with E-state index in [0.29, 0.717) is 11.3 Å². The second kappa shape index (κ2) is 6.65. The molecule has 2 aromatic rings. The highest BCUT2D eigenvalue weighted by Crippen LogP contribution is 2.41. The van der Waals surface area contributed by atoms with Crippen molar-refractivity contribution in [3.05, 3.63) is 41.1 Å². The summed E-state index contributed by atoms with van der Waals surface area (Å²) in [6.45, 7) is 1.43. The number of fused-ring (bicyclic) bond motifs is 1. The Morgan fingerprint density at radius 1 is 1.31 bits per heavy atom. The van der Waals surface area contributed by atoms with Crippen LogP contribution in [-0.4, -0.2) is 46.1 Å². The first-order valence-corrected chi connectivity index (χ1v) is 7.54. The van der Waals surface area contributed by atoms with Gasteiger partial charge in [-0.25, -0.2) is 4.79 Å². The molecule has 11 heteroatoms. The number of alkyl halides is 3. The maximum Gasteiger partial charge on any atom is 0.431 e. The topological polar surface area (TPSA) is 91.2 Å². The number of hydrogen-bond donors (Lipinski definition) is 1. The third-order valence-corrected chi connectivity index (χ3v) is 3.73. The zero-order valence-electron chi connectivity index (χ0n) is 13.7. The average Bonchev–Trinajstić information content (AvgIpc) is 3.08. The molecule has 26 heavy (non-hydrogen) atoms. The lowest BCUT2D eigenvalue weighted by molar-refractivity contribution is -0.140. The van der Waals surface area contributed by atoms with Crippen LogP contribution in [0.25, 0.3) is 0 Å². The zero-order valence-corrected chi connectivity index (χ0v) is 13.7. The molecular formula is C15H14F3N5O3. The molecule has 1 aliphatic rings. The molecule has 1 N–H and O–H groups in total. The number of hydrogen-bond acceptors (Lipinski definition) is 7. The number of tetrazole rings is 1. The number of esters is 1. The average molecular weight is 369 g/mol. The second-order valence-electron chi connectivity index (χ2n) is 5.25. The van der Waals surface area contributed by atoms with Crippen LogP contribution < -0.4 is 10.1 Å². The molecule has 0 bridgehead atoms. The van der Waals surface area contributed by atoms with E-state index in [4.69, 9.17) is 9.47 Å². The predicted octanol–water partition coefficient (Wildman–Crippen LogP) is 2.08. The first-order valence-electron chi connectivity index (χ1n) is 7.54. The Labute approximate surface area is 145 Å². The largest absolute Gasteiger partial charge is 0.497 e. The summed E-state index contributed by atoms with van der Waals surface area (Å²) in [5.41, 5.74) is -1.51. The van der Waals surface area contributed by atoms with Crippen LogP contribution in [0.15, 0.2) is 35.5 Å². The lowest BCUT2D eigenvalue weighted by Crippen LogP contribution is -2.35. The van der Waals surface area contributed by atoms with Crippen molar-refractivity contribution in [2.24, 2.45) is 0 Å². The summed E-state index contributed by atoms with van der Waals surface area (Å²) in [4.78, 5) is 12.4. The Hall–Kier alpha value is -3.11. The number of aromatic nitrogens is 4. The van der Waals surface area contributed by atoms with Crippen molar-refractivity contribution in [2.75, 3.05) is 19.0 Å². The highest BCUT2D eigenvalue weighted by molar-refractivity contribution is 5.92. The van der Waals surface area contributed by atoms with Gasteiger partial charge in [-0.3, -0.25) is 0 Å². The highest BCUT2D eigenvalue weighted by atomic mass is 19.4. The number of benzene rings is 1. The van der Waals surface area contributed by atoms with Crippen molar-refractivity contribution in [3.8, 4) is 5.75 Å². The fraction of sp³-hybridized carbons (Fsp3) is 0.333. The van der Waals surface area contributed by atoms with Crippen LogP contribution in [0.1, 0.15) is 18.5 Å². The number of carbonyl (C=O) groups excluding carboxylic acids is 1. The quantitative estimate of drug-likeness (QED) is 0.825. The van der Waals surface area contributed by atoms with Crippen molar-refractivity contribution >= 4 is 11.9 Å². The van der Waals surface area contributed by atoms with E-state index in [2.05, 4.69) is 20.8 Å². The predicted molar refractivity (Wildman–Crippen MR) is 82.3 cm³/mol. The SMILES string of the molecule is CCOC(=O)C1=C(C(F)(F)F)Nc2nnnn2C1c1ccc(OC)cc1. The van der Waals surface area contributed by atoms with Gasteiger partial charge in [-0.05, 0) is 35.0 Å². The monoisotopic (exact) mass is 369 g/mol. The van der Waals surface area contributed by atoms with E-state index in [-0.39, 0.29) is 12.6 Å². The number of ether oxygens (including phenoxy) is 2. The number of nitrogens with one attached hydrogen (secondary N) is 1. The van der Waals surface area contributed by atoms with Crippen LogP contribution in [-0.2, 0) is 9.53 Å². The molecule has 8 nitrogen and oxygen atoms in total. The van der Waals surface area contributed by atoms with Gasteiger partial charge in [0.15, 0.2) is 0 Å². The fourth-order valence-corrected chi connectivity index (χ4v) is 2.63. The molecule has 138 valence electrons. The zero-order chi connectivity index (χ0) is 18.9. The Morgan fingerprint density at radius 2 is 2.00 bits per heavy atom. The molecule has 0 spiro atoms. The van der Waals surface area contributed by atoms with Crippen molar-refractivity contribution in [3.63, 3.8) is 0 Å². The van der Waals surface area contributed by atoms with Gasteiger partial charge in [0.05, 0.1) is 19.3 Å². The number of carbonyl (C=O) groups is 1.